The Morgan fingerprint density at radius 3 is 2.67 bits per heavy atom. The zero-order valence-electron chi connectivity index (χ0n) is 14.4. The summed E-state index contributed by atoms with van der Waals surface area (Å²) in [6.07, 6.45) is 2.83. The van der Waals surface area contributed by atoms with Crippen LogP contribution in [0, 0.1) is 6.92 Å². The smallest absolute Gasteiger partial charge is 0.191 e. The van der Waals surface area contributed by atoms with E-state index in [2.05, 4.69) is 32.7 Å². The lowest BCUT2D eigenvalue weighted by Gasteiger charge is -2.12. The lowest BCUT2D eigenvalue weighted by Crippen LogP contribution is -2.37. The van der Waals surface area contributed by atoms with Gasteiger partial charge in [0.1, 0.15) is 5.75 Å². The van der Waals surface area contributed by atoms with Crippen LogP contribution in [0.5, 0.6) is 5.75 Å². The molecule has 6 heteroatoms. The van der Waals surface area contributed by atoms with Gasteiger partial charge in [-0.2, -0.15) is 0 Å². The van der Waals surface area contributed by atoms with Gasteiger partial charge in [-0.05, 0) is 42.7 Å². The lowest BCUT2D eigenvalue weighted by molar-refractivity contribution is 0.414. The van der Waals surface area contributed by atoms with Crippen LogP contribution in [-0.4, -0.2) is 31.6 Å². The molecule has 2 aromatic rings. The maximum atomic E-state index is 5.23. The van der Waals surface area contributed by atoms with Crippen LogP contribution >= 0.6 is 24.0 Å². The van der Waals surface area contributed by atoms with Crippen molar-refractivity contribution in [3.05, 3.63) is 59.4 Å². The fraction of sp³-hybridized carbons (Fsp3) is 0.333. The summed E-state index contributed by atoms with van der Waals surface area (Å²) in [5.41, 5.74) is 3.40. The Labute approximate surface area is 161 Å². The van der Waals surface area contributed by atoms with Crippen molar-refractivity contribution in [2.75, 3.05) is 20.7 Å². The van der Waals surface area contributed by atoms with Gasteiger partial charge in [0.25, 0.3) is 0 Å². The van der Waals surface area contributed by atoms with Crippen molar-refractivity contribution in [3.63, 3.8) is 0 Å². The monoisotopic (exact) mass is 440 g/mol. The molecule has 24 heavy (non-hydrogen) atoms. The lowest BCUT2D eigenvalue weighted by atomic mass is 10.2. The predicted molar refractivity (Wildman–Crippen MR) is 109 cm³/mol. The van der Waals surface area contributed by atoms with E-state index in [1.165, 1.54) is 5.56 Å². The average molecular weight is 440 g/mol. The molecule has 0 atom stereocenters. The number of aliphatic imine (C=N–C) groups is 1. The second-order valence-electron chi connectivity index (χ2n) is 5.26. The van der Waals surface area contributed by atoms with Crippen molar-refractivity contribution >= 4 is 29.9 Å². The largest absolute Gasteiger partial charge is 0.497 e. The van der Waals surface area contributed by atoms with E-state index in [9.17, 15) is 0 Å². The summed E-state index contributed by atoms with van der Waals surface area (Å²) in [4.78, 5) is 8.54. The van der Waals surface area contributed by atoms with Gasteiger partial charge in [0.2, 0.25) is 0 Å². The highest BCUT2D eigenvalue weighted by molar-refractivity contribution is 14.0. The molecule has 0 saturated heterocycles. The number of halogens is 1. The van der Waals surface area contributed by atoms with Crippen LogP contribution < -0.4 is 15.4 Å². The van der Waals surface area contributed by atoms with Crippen molar-refractivity contribution in [2.45, 2.75) is 19.9 Å². The van der Waals surface area contributed by atoms with E-state index in [0.717, 1.165) is 35.9 Å². The first-order valence-corrected chi connectivity index (χ1v) is 7.70. The third-order valence-corrected chi connectivity index (χ3v) is 3.50. The summed E-state index contributed by atoms with van der Waals surface area (Å²) in [6, 6.07) is 12.1. The Morgan fingerprint density at radius 2 is 2.00 bits per heavy atom. The quantitative estimate of drug-likeness (QED) is 0.412. The fourth-order valence-corrected chi connectivity index (χ4v) is 2.16. The van der Waals surface area contributed by atoms with Crippen molar-refractivity contribution in [1.82, 2.24) is 15.6 Å². The Morgan fingerprint density at radius 1 is 1.17 bits per heavy atom. The number of hydrogen-bond acceptors (Lipinski definition) is 3. The van der Waals surface area contributed by atoms with E-state index in [4.69, 9.17) is 4.74 Å². The maximum Gasteiger partial charge on any atom is 0.191 e. The number of nitrogens with one attached hydrogen (secondary N) is 2. The average Bonchev–Trinajstić information content (AvgIpc) is 2.59. The minimum Gasteiger partial charge on any atom is -0.497 e. The molecule has 0 aliphatic heterocycles. The minimum absolute atomic E-state index is 0. The van der Waals surface area contributed by atoms with E-state index in [1.807, 2.05) is 37.4 Å². The number of hydrogen-bond donors (Lipinski definition) is 2. The molecule has 1 aromatic heterocycles. The molecule has 130 valence electrons. The Bertz CT molecular complexity index is 644. The molecular formula is C18H25IN4O. The summed E-state index contributed by atoms with van der Waals surface area (Å²) in [7, 11) is 3.45. The van der Waals surface area contributed by atoms with Crippen molar-refractivity contribution in [1.29, 1.82) is 0 Å². The molecule has 0 radical (unpaired) electrons. The molecule has 1 heterocycles. The fourth-order valence-electron chi connectivity index (χ4n) is 2.16. The first-order chi connectivity index (χ1) is 11.2. The second kappa shape index (κ2) is 10.9. The first kappa shape index (κ1) is 20.2. The van der Waals surface area contributed by atoms with Crippen LogP contribution in [0.2, 0.25) is 0 Å². The van der Waals surface area contributed by atoms with Crippen LogP contribution in [0.25, 0.3) is 0 Å². The molecule has 0 aliphatic rings. The van der Waals surface area contributed by atoms with Gasteiger partial charge in [0, 0.05) is 32.0 Å². The zero-order valence-corrected chi connectivity index (χ0v) is 16.7. The summed E-state index contributed by atoms with van der Waals surface area (Å²) >= 11 is 0. The molecule has 2 N–H and O–H groups in total. The number of nitrogens with zero attached hydrogens (tertiary/aromatic N) is 2. The van der Waals surface area contributed by atoms with Crippen LogP contribution in [0.3, 0.4) is 0 Å². The molecule has 2 rings (SSSR count). The standard InChI is InChI=1S/C18H24N4O.HI/c1-14-7-8-15(12-21-14)9-10-20-18(19-2)22-13-16-5-4-6-17(11-16)23-3;/h4-8,11-12H,9-10,13H2,1-3H3,(H2,19,20,22);1H. The summed E-state index contributed by atoms with van der Waals surface area (Å²) in [5, 5.41) is 6.61. The third kappa shape index (κ3) is 6.74. The Kier molecular flexibility index (Phi) is 9.14. The Hall–Kier alpha value is -1.83. The van der Waals surface area contributed by atoms with Crippen LogP contribution in [0.4, 0.5) is 0 Å². The number of pyridine rings is 1. The van der Waals surface area contributed by atoms with Gasteiger partial charge in [0.05, 0.1) is 7.11 Å². The molecule has 0 aliphatic carbocycles. The van der Waals surface area contributed by atoms with Gasteiger partial charge in [-0.15, -0.1) is 24.0 Å². The van der Waals surface area contributed by atoms with Crippen LogP contribution in [-0.2, 0) is 13.0 Å². The number of aryl methyl sites for hydroxylation is 1. The van der Waals surface area contributed by atoms with E-state index < -0.39 is 0 Å². The molecule has 0 amide bonds. The SMILES string of the molecule is CN=C(NCCc1ccc(C)nc1)NCc1cccc(OC)c1.I. The maximum absolute atomic E-state index is 5.23. The Balaban J connectivity index is 0.00000288. The molecule has 1 aromatic carbocycles. The summed E-state index contributed by atoms with van der Waals surface area (Å²) < 4.78 is 5.23. The molecule has 0 saturated carbocycles. The third-order valence-electron chi connectivity index (χ3n) is 3.50. The summed E-state index contributed by atoms with van der Waals surface area (Å²) in [6.45, 7) is 3.50. The topological polar surface area (TPSA) is 58.5 Å². The number of rotatable bonds is 6. The number of benzene rings is 1. The van der Waals surface area contributed by atoms with E-state index in [0.29, 0.717) is 6.54 Å². The zero-order chi connectivity index (χ0) is 16.5. The van der Waals surface area contributed by atoms with Gasteiger partial charge in [0.15, 0.2) is 5.96 Å². The van der Waals surface area contributed by atoms with E-state index >= 15 is 0 Å². The highest BCUT2D eigenvalue weighted by Crippen LogP contribution is 2.12. The van der Waals surface area contributed by atoms with Gasteiger partial charge < -0.3 is 15.4 Å². The highest BCUT2D eigenvalue weighted by atomic mass is 127. The van der Waals surface area contributed by atoms with Gasteiger partial charge in [-0.3, -0.25) is 9.98 Å². The van der Waals surface area contributed by atoms with Crippen LogP contribution in [0.1, 0.15) is 16.8 Å². The molecule has 0 bridgehead atoms. The summed E-state index contributed by atoms with van der Waals surface area (Å²) in [5.74, 6) is 1.65. The molecule has 0 spiro atoms. The predicted octanol–water partition coefficient (Wildman–Crippen LogP) is 2.92. The van der Waals surface area contributed by atoms with Crippen molar-refractivity contribution in [2.24, 2.45) is 4.99 Å². The van der Waals surface area contributed by atoms with Crippen molar-refractivity contribution in [3.8, 4) is 5.75 Å². The number of methoxy groups -OCH3 is 1. The van der Waals surface area contributed by atoms with Gasteiger partial charge >= 0.3 is 0 Å². The number of guanidine groups is 1. The van der Waals surface area contributed by atoms with Crippen molar-refractivity contribution < 1.29 is 4.74 Å². The molecular weight excluding hydrogens is 415 g/mol. The van der Waals surface area contributed by atoms with E-state index in [-0.39, 0.29) is 24.0 Å². The molecule has 0 unspecified atom stereocenters. The van der Waals surface area contributed by atoms with Gasteiger partial charge in [-0.1, -0.05) is 18.2 Å². The molecule has 0 fully saturated rings. The highest BCUT2D eigenvalue weighted by Gasteiger charge is 2.00. The second-order valence-corrected chi connectivity index (χ2v) is 5.26. The first-order valence-electron chi connectivity index (χ1n) is 7.70. The number of aromatic nitrogens is 1. The minimum atomic E-state index is 0. The normalized spacial score (nSPS) is 10.7. The van der Waals surface area contributed by atoms with Gasteiger partial charge in [-0.25, -0.2) is 0 Å². The molecule has 5 nitrogen and oxygen atoms in total. The van der Waals surface area contributed by atoms with E-state index in [1.54, 1.807) is 14.2 Å². The van der Waals surface area contributed by atoms with Crippen LogP contribution in [0.15, 0.2) is 47.6 Å². The number of ether oxygens (including phenoxy) is 1.